The molecular formula is C14H24N2O3. The molecule has 19 heavy (non-hydrogen) atoms. The van der Waals surface area contributed by atoms with Crippen LogP contribution >= 0.6 is 0 Å². The van der Waals surface area contributed by atoms with E-state index in [1.165, 1.54) is 6.42 Å². The van der Waals surface area contributed by atoms with Crippen LogP contribution in [-0.4, -0.2) is 52.6 Å². The van der Waals surface area contributed by atoms with Gasteiger partial charge in [0.05, 0.1) is 6.42 Å². The van der Waals surface area contributed by atoms with Crippen LogP contribution in [0.2, 0.25) is 0 Å². The maximum absolute atomic E-state index is 12.5. The van der Waals surface area contributed by atoms with Crippen LogP contribution in [0.3, 0.4) is 0 Å². The molecule has 2 aliphatic rings. The average Bonchev–Trinajstić information content (AvgIpc) is 3.17. The molecule has 1 N–H and O–H groups in total. The Hall–Kier alpha value is -1.26. The highest BCUT2D eigenvalue weighted by Gasteiger charge is 2.35. The van der Waals surface area contributed by atoms with Crippen molar-refractivity contribution in [2.45, 2.75) is 51.5 Å². The zero-order valence-corrected chi connectivity index (χ0v) is 11.7. The second kappa shape index (κ2) is 6.26. The minimum atomic E-state index is -0.831. The van der Waals surface area contributed by atoms with Crippen molar-refractivity contribution in [2.75, 3.05) is 19.6 Å². The maximum atomic E-state index is 12.5. The number of aliphatic carboxylic acids is 1. The first-order valence-electron chi connectivity index (χ1n) is 7.35. The SMILES string of the molecule is CC1CCCN(C(=O)N(CCC(=O)O)C2CC2)CC1. The van der Waals surface area contributed by atoms with E-state index in [-0.39, 0.29) is 18.5 Å². The predicted molar refractivity (Wildman–Crippen MR) is 72.0 cm³/mol. The number of carboxylic acids is 1. The summed E-state index contributed by atoms with van der Waals surface area (Å²) in [4.78, 5) is 26.9. The number of hydrogen-bond donors (Lipinski definition) is 1. The molecule has 0 bridgehead atoms. The number of likely N-dealkylation sites (tertiary alicyclic amines) is 1. The molecule has 1 saturated heterocycles. The van der Waals surface area contributed by atoms with Gasteiger partial charge in [0, 0.05) is 25.7 Å². The summed E-state index contributed by atoms with van der Waals surface area (Å²) in [6, 6.07) is 0.338. The van der Waals surface area contributed by atoms with E-state index in [9.17, 15) is 9.59 Å². The lowest BCUT2D eigenvalue weighted by atomic mass is 10.0. The van der Waals surface area contributed by atoms with Gasteiger partial charge < -0.3 is 14.9 Å². The highest BCUT2D eigenvalue weighted by molar-refractivity contribution is 5.76. The molecule has 0 aromatic rings. The molecule has 1 saturated carbocycles. The lowest BCUT2D eigenvalue weighted by Gasteiger charge is -2.29. The summed E-state index contributed by atoms with van der Waals surface area (Å²) in [5.74, 6) is -0.144. The van der Waals surface area contributed by atoms with Crippen molar-refractivity contribution in [1.82, 2.24) is 9.80 Å². The van der Waals surface area contributed by atoms with Gasteiger partial charge in [-0.3, -0.25) is 4.79 Å². The Morgan fingerprint density at radius 1 is 1.21 bits per heavy atom. The molecular weight excluding hydrogens is 244 g/mol. The summed E-state index contributed by atoms with van der Waals surface area (Å²) in [5.41, 5.74) is 0. The van der Waals surface area contributed by atoms with Crippen LogP contribution in [0.15, 0.2) is 0 Å². The number of carbonyl (C=O) groups is 2. The van der Waals surface area contributed by atoms with E-state index in [2.05, 4.69) is 6.92 Å². The second-order valence-corrected chi connectivity index (χ2v) is 5.87. The maximum Gasteiger partial charge on any atom is 0.320 e. The summed E-state index contributed by atoms with van der Waals surface area (Å²) in [6.07, 6.45) is 5.40. The number of carboxylic acid groups (broad SMARTS) is 1. The van der Waals surface area contributed by atoms with Crippen molar-refractivity contribution in [2.24, 2.45) is 5.92 Å². The normalized spacial score (nSPS) is 23.8. The Morgan fingerprint density at radius 2 is 1.95 bits per heavy atom. The van der Waals surface area contributed by atoms with E-state index >= 15 is 0 Å². The molecule has 0 aromatic heterocycles. The molecule has 5 nitrogen and oxygen atoms in total. The Balaban J connectivity index is 1.92. The van der Waals surface area contributed by atoms with Crippen molar-refractivity contribution >= 4 is 12.0 Å². The first-order valence-corrected chi connectivity index (χ1v) is 7.35. The number of urea groups is 1. The third kappa shape index (κ3) is 4.11. The van der Waals surface area contributed by atoms with E-state index in [1.54, 1.807) is 4.90 Å². The fourth-order valence-electron chi connectivity index (χ4n) is 2.67. The van der Waals surface area contributed by atoms with Gasteiger partial charge in [-0.05, 0) is 38.0 Å². The standard InChI is InChI=1S/C14H24N2O3/c1-11-3-2-8-15(9-6-11)14(19)16(12-4-5-12)10-7-13(17)18/h11-12H,2-10H2,1H3,(H,17,18). The monoisotopic (exact) mass is 268 g/mol. The number of nitrogens with zero attached hydrogens (tertiary/aromatic N) is 2. The number of amides is 2. The lowest BCUT2D eigenvalue weighted by Crippen LogP contribution is -2.45. The van der Waals surface area contributed by atoms with E-state index in [0.717, 1.165) is 38.8 Å². The molecule has 108 valence electrons. The highest BCUT2D eigenvalue weighted by Crippen LogP contribution is 2.28. The van der Waals surface area contributed by atoms with Crippen LogP contribution < -0.4 is 0 Å². The summed E-state index contributed by atoms with van der Waals surface area (Å²) in [6.45, 7) is 4.22. The van der Waals surface area contributed by atoms with Gasteiger partial charge in [-0.2, -0.15) is 0 Å². The largest absolute Gasteiger partial charge is 0.481 e. The molecule has 0 aromatic carbocycles. The van der Waals surface area contributed by atoms with Gasteiger partial charge in [-0.25, -0.2) is 4.79 Å². The molecule has 2 fully saturated rings. The van der Waals surface area contributed by atoms with Gasteiger partial charge in [0.15, 0.2) is 0 Å². The predicted octanol–water partition coefficient (Wildman–Crippen LogP) is 2.17. The molecule has 0 spiro atoms. The third-order valence-corrected chi connectivity index (χ3v) is 4.09. The zero-order valence-electron chi connectivity index (χ0n) is 11.7. The minimum Gasteiger partial charge on any atom is -0.481 e. The van der Waals surface area contributed by atoms with Gasteiger partial charge >= 0.3 is 12.0 Å². The summed E-state index contributed by atoms with van der Waals surface area (Å²) >= 11 is 0. The number of carbonyl (C=O) groups excluding carboxylic acids is 1. The fraction of sp³-hybridized carbons (Fsp3) is 0.857. The third-order valence-electron chi connectivity index (χ3n) is 4.09. The number of hydrogen-bond acceptors (Lipinski definition) is 2. The lowest BCUT2D eigenvalue weighted by molar-refractivity contribution is -0.137. The van der Waals surface area contributed by atoms with Crippen LogP contribution in [0, 0.1) is 5.92 Å². The van der Waals surface area contributed by atoms with E-state index < -0.39 is 5.97 Å². The van der Waals surface area contributed by atoms with Crippen molar-refractivity contribution in [1.29, 1.82) is 0 Å². The fourth-order valence-corrected chi connectivity index (χ4v) is 2.67. The van der Waals surface area contributed by atoms with Crippen LogP contribution in [0.4, 0.5) is 4.79 Å². The Labute approximate surface area is 114 Å². The van der Waals surface area contributed by atoms with Gasteiger partial charge in [-0.15, -0.1) is 0 Å². The van der Waals surface area contributed by atoms with Crippen LogP contribution in [0.1, 0.15) is 45.4 Å². The van der Waals surface area contributed by atoms with Gasteiger partial charge in [0.1, 0.15) is 0 Å². The molecule has 2 amide bonds. The molecule has 1 unspecified atom stereocenters. The summed E-state index contributed by atoms with van der Waals surface area (Å²) in [5, 5.41) is 8.78. The van der Waals surface area contributed by atoms with Gasteiger partial charge in [-0.1, -0.05) is 6.92 Å². The average molecular weight is 268 g/mol. The molecule has 1 heterocycles. The first kappa shape index (κ1) is 14.2. The van der Waals surface area contributed by atoms with Crippen molar-refractivity contribution in [3.63, 3.8) is 0 Å². The summed E-state index contributed by atoms with van der Waals surface area (Å²) < 4.78 is 0. The number of rotatable bonds is 4. The zero-order chi connectivity index (χ0) is 13.8. The molecule has 0 radical (unpaired) electrons. The minimum absolute atomic E-state index is 0.0481. The highest BCUT2D eigenvalue weighted by atomic mass is 16.4. The van der Waals surface area contributed by atoms with E-state index in [4.69, 9.17) is 5.11 Å². The van der Waals surface area contributed by atoms with Crippen molar-refractivity contribution in [3.05, 3.63) is 0 Å². The smallest absolute Gasteiger partial charge is 0.320 e. The molecule has 1 aliphatic heterocycles. The van der Waals surface area contributed by atoms with Crippen LogP contribution in [0.5, 0.6) is 0 Å². The van der Waals surface area contributed by atoms with Crippen molar-refractivity contribution in [3.8, 4) is 0 Å². The Bertz CT molecular complexity index is 342. The Morgan fingerprint density at radius 3 is 2.58 bits per heavy atom. The van der Waals surface area contributed by atoms with Crippen LogP contribution in [0.25, 0.3) is 0 Å². The van der Waals surface area contributed by atoms with E-state index in [1.807, 2.05) is 4.90 Å². The first-order chi connectivity index (χ1) is 9.08. The molecule has 5 heteroatoms. The van der Waals surface area contributed by atoms with Crippen LogP contribution in [-0.2, 0) is 4.79 Å². The van der Waals surface area contributed by atoms with Crippen molar-refractivity contribution < 1.29 is 14.7 Å². The second-order valence-electron chi connectivity index (χ2n) is 5.87. The molecule has 1 atom stereocenters. The van der Waals surface area contributed by atoms with Gasteiger partial charge in [0.25, 0.3) is 0 Å². The summed E-state index contributed by atoms with van der Waals surface area (Å²) in [7, 11) is 0. The molecule has 1 aliphatic carbocycles. The topological polar surface area (TPSA) is 60.9 Å². The van der Waals surface area contributed by atoms with E-state index in [0.29, 0.717) is 12.5 Å². The Kier molecular flexibility index (Phi) is 4.66. The quantitative estimate of drug-likeness (QED) is 0.850. The van der Waals surface area contributed by atoms with Gasteiger partial charge in [0.2, 0.25) is 0 Å². The molecule has 2 rings (SSSR count).